The summed E-state index contributed by atoms with van der Waals surface area (Å²) in [6.45, 7) is 4.75. The highest BCUT2D eigenvalue weighted by Crippen LogP contribution is 2.22. The molecule has 0 unspecified atom stereocenters. The van der Waals surface area contributed by atoms with Crippen LogP contribution in [0, 0.1) is 5.82 Å². The van der Waals surface area contributed by atoms with Gasteiger partial charge >= 0.3 is 0 Å². The number of tetrazole rings is 1. The quantitative estimate of drug-likeness (QED) is 0.608. The van der Waals surface area contributed by atoms with Crippen LogP contribution in [0.15, 0.2) is 55.1 Å². The Kier molecular flexibility index (Phi) is 5.80. The average molecular weight is 374 g/mol. The molecule has 134 valence electrons. The minimum absolute atomic E-state index is 0.0555. The second-order valence-electron chi connectivity index (χ2n) is 5.46. The largest absolute Gasteiger partial charge is 0.489 e. The van der Waals surface area contributed by atoms with E-state index < -0.39 is 0 Å². The second kappa shape index (κ2) is 8.44. The van der Waals surface area contributed by atoms with Gasteiger partial charge < -0.3 is 10.1 Å². The SMILES string of the molecule is C=CCn1nnnc1NCc1cccc(OCc2c(F)cccc2Cl)c1. The van der Waals surface area contributed by atoms with Crippen molar-refractivity contribution < 1.29 is 9.13 Å². The first-order chi connectivity index (χ1) is 12.7. The van der Waals surface area contributed by atoms with Crippen LogP contribution in [-0.4, -0.2) is 20.2 Å². The molecule has 3 rings (SSSR count). The van der Waals surface area contributed by atoms with Crippen LogP contribution in [0.3, 0.4) is 0 Å². The summed E-state index contributed by atoms with van der Waals surface area (Å²) in [5, 5.41) is 14.9. The highest BCUT2D eigenvalue weighted by molar-refractivity contribution is 6.31. The Balaban J connectivity index is 1.63. The summed E-state index contributed by atoms with van der Waals surface area (Å²) in [5.74, 6) is 0.785. The highest BCUT2D eigenvalue weighted by Gasteiger charge is 2.08. The Labute approximate surface area is 155 Å². The van der Waals surface area contributed by atoms with Crippen LogP contribution in [0.1, 0.15) is 11.1 Å². The molecule has 2 aromatic carbocycles. The maximum absolute atomic E-state index is 13.8. The fraction of sp³-hybridized carbons (Fsp3) is 0.167. The van der Waals surface area contributed by atoms with Gasteiger partial charge in [-0.1, -0.05) is 41.0 Å². The van der Waals surface area contributed by atoms with Gasteiger partial charge in [-0.2, -0.15) is 0 Å². The minimum atomic E-state index is -0.385. The molecule has 26 heavy (non-hydrogen) atoms. The van der Waals surface area contributed by atoms with Crippen LogP contribution in [0.25, 0.3) is 0 Å². The van der Waals surface area contributed by atoms with Crippen molar-refractivity contribution in [1.82, 2.24) is 20.2 Å². The Morgan fingerprint density at radius 3 is 2.92 bits per heavy atom. The lowest BCUT2D eigenvalue weighted by Gasteiger charge is -2.10. The monoisotopic (exact) mass is 373 g/mol. The molecule has 0 amide bonds. The predicted molar refractivity (Wildman–Crippen MR) is 97.5 cm³/mol. The van der Waals surface area contributed by atoms with Crippen molar-refractivity contribution in [2.75, 3.05) is 5.32 Å². The number of hydrogen-bond donors (Lipinski definition) is 1. The van der Waals surface area contributed by atoms with Crippen molar-refractivity contribution >= 4 is 17.5 Å². The van der Waals surface area contributed by atoms with E-state index in [4.69, 9.17) is 16.3 Å². The molecule has 1 N–H and O–H groups in total. The topological polar surface area (TPSA) is 64.9 Å². The Hall–Kier alpha value is -2.93. The molecule has 0 radical (unpaired) electrons. The van der Waals surface area contributed by atoms with Gasteiger partial charge in [-0.3, -0.25) is 0 Å². The Bertz CT molecular complexity index is 879. The second-order valence-corrected chi connectivity index (χ2v) is 5.87. The molecule has 8 heteroatoms. The number of benzene rings is 2. The standard InChI is InChI=1S/C18H17ClFN5O/c1-2-9-25-18(22-23-24-25)21-11-13-5-3-6-14(10-13)26-12-15-16(19)7-4-8-17(15)20/h2-8,10H,1,9,11-12H2,(H,21,22,24). The fourth-order valence-corrected chi connectivity index (χ4v) is 2.55. The maximum Gasteiger partial charge on any atom is 0.243 e. The van der Waals surface area contributed by atoms with Gasteiger partial charge in [0.05, 0.1) is 11.6 Å². The van der Waals surface area contributed by atoms with Crippen LogP contribution in [0.4, 0.5) is 10.3 Å². The molecule has 0 aliphatic rings. The number of allylic oxidation sites excluding steroid dienone is 1. The van der Waals surface area contributed by atoms with Crippen LogP contribution >= 0.6 is 11.6 Å². The lowest BCUT2D eigenvalue weighted by Crippen LogP contribution is -2.08. The molecule has 0 atom stereocenters. The first-order valence-corrected chi connectivity index (χ1v) is 8.30. The number of aromatic nitrogens is 4. The molecule has 0 aliphatic carbocycles. The lowest BCUT2D eigenvalue weighted by atomic mass is 10.2. The lowest BCUT2D eigenvalue weighted by molar-refractivity contribution is 0.299. The normalized spacial score (nSPS) is 10.5. The van der Waals surface area contributed by atoms with Crippen molar-refractivity contribution in [3.63, 3.8) is 0 Å². The number of nitrogens with one attached hydrogen (secondary N) is 1. The summed E-state index contributed by atoms with van der Waals surface area (Å²) in [4.78, 5) is 0. The van der Waals surface area contributed by atoms with Gasteiger partial charge in [0.25, 0.3) is 0 Å². The number of rotatable bonds is 8. The van der Waals surface area contributed by atoms with E-state index in [0.717, 1.165) is 5.56 Å². The van der Waals surface area contributed by atoms with E-state index in [2.05, 4.69) is 27.4 Å². The third-order valence-electron chi connectivity index (χ3n) is 3.63. The van der Waals surface area contributed by atoms with E-state index in [1.165, 1.54) is 6.07 Å². The minimum Gasteiger partial charge on any atom is -0.489 e. The molecule has 0 bridgehead atoms. The van der Waals surface area contributed by atoms with E-state index in [-0.39, 0.29) is 12.4 Å². The molecule has 1 aromatic heterocycles. The van der Waals surface area contributed by atoms with Gasteiger partial charge in [-0.05, 0) is 40.3 Å². The zero-order chi connectivity index (χ0) is 18.4. The van der Waals surface area contributed by atoms with E-state index in [9.17, 15) is 4.39 Å². The van der Waals surface area contributed by atoms with Crippen LogP contribution in [-0.2, 0) is 19.7 Å². The molecule has 0 saturated heterocycles. The van der Waals surface area contributed by atoms with E-state index in [1.54, 1.807) is 29.0 Å². The predicted octanol–water partition coefficient (Wildman–Crippen LogP) is 3.84. The molecular formula is C18H17ClFN5O. The van der Waals surface area contributed by atoms with Crippen molar-refractivity contribution in [1.29, 1.82) is 0 Å². The number of nitrogens with zero attached hydrogens (tertiary/aromatic N) is 4. The zero-order valence-electron chi connectivity index (χ0n) is 13.9. The fourth-order valence-electron chi connectivity index (χ4n) is 2.33. The maximum atomic E-state index is 13.8. The Morgan fingerprint density at radius 1 is 1.27 bits per heavy atom. The third-order valence-corrected chi connectivity index (χ3v) is 3.98. The average Bonchev–Trinajstić information content (AvgIpc) is 3.07. The van der Waals surface area contributed by atoms with Gasteiger partial charge in [-0.15, -0.1) is 6.58 Å². The van der Waals surface area contributed by atoms with Gasteiger partial charge in [0.1, 0.15) is 18.2 Å². The number of halogens is 2. The third kappa shape index (κ3) is 4.37. The summed E-state index contributed by atoms with van der Waals surface area (Å²) in [5.41, 5.74) is 1.30. The number of ether oxygens (including phenoxy) is 1. The molecule has 0 fully saturated rings. The van der Waals surface area contributed by atoms with Crippen molar-refractivity contribution in [2.24, 2.45) is 0 Å². The van der Waals surface area contributed by atoms with Gasteiger partial charge in [-0.25, -0.2) is 9.07 Å². The number of anilines is 1. The first-order valence-electron chi connectivity index (χ1n) is 7.93. The van der Waals surface area contributed by atoms with Crippen LogP contribution in [0.2, 0.25) is 5.02 Å². The number of hydrogen-bond acceptors (Lipinski definition) is 5. The zero-order valence-corrected chi connectivity index (χ0v) is 14.7. The highest BCUT2D eigenvalue weighted by atomic mass is 35.5. The van der Waals surface area contributed by atoms with Crippen molar-refractivity contribution in [3.05, 3.63) is 77.1 Å². The Morgan fingerprint density at radius 2 is 2.12 bits per heavy atom. The molecule has 3 aromatic rings. The molecule has 6 nitrogen and oxygen atoms in total. The van der Waals surface area contributed by atoms with Crippen LogP contribution in [0.5, 0.6) is 5.75 Å². The van der Waals surface area contributed by atoms with Crippen molar-refractivity contribution in [2.45, 2.75) is 19.7 Å². The summed E-state index contributed by atoms with van der Waals surface area (Å²) in [6, 6.07) is 12.0. The molecule has 0 spiro atoms. The van der Waals surface area contributed by atoms with Gasteiger partial charge in [0.15, 0.2) is 0 Å². The van der Waals surface area contributed by atoms with Gasteiger partial charge in [0, 0.05) is 12.1 Å². The molecule has 1 heterocycles. The summed E-state index contributed by atoms with van der Waals surface area (Å²) >= 11 is 6.02. The van der Waals surface area contributed by atoms with E-state index in [1.807, 2.05) is 18.2 Å². The molecular weight excluding hydrogens is 357 g/mol. The summed E-state index contributed by atoms with van der Waals surface area (Å²) < 4.78 is 21.1. The van der Waals surface area contributed by atoms with Crippen molar-refractivity contribution in [3.8, 4) is 5.75 Å². The molecule has 0 aliphatic heterocycles. The summed E-state index contributed by atoms with van der Waals surface area (Å²) in [6.07, 6.45) is 1.71. The smallest absolute Gasteiger partial charge is 0.243 e. The van der Waals surface area contributed by atoms with Gasteiger partial charge in [0.2, 0.25) is 5.95 Å². The van der Waals surface area contributed by atoms with E-state index in [0.29, 0.717) is 35.4 Å². The van der Waals surface area contributed by atoms with Crippen LogP contribution < -0.4 is 10.1 Å². The van der Waals surface area contributed by atoms with E-state index >= 15 is 0 Å². The molecule has 0 saturated carbocycles. The summed E-state index contributed by atoms with van der Waals surface area (Å²) in [7, 11) is 0. The first kappa shape index (κ1) is 17.9.